The molecule has 0 aliphatic carbocycles. The van der Waals surface area contributed by atoms with E-state index in [1.54, 1.807) is 17.1 Å². The van der Waals surface area contributed by atoms with E-state index in [9.17, 15) is 4.79 Å². The van der Waals surface area contributed by atoms with E-state index in [4.69, 9.17) is 4.74 Å². The standard InChI is InChI=1S/C13H15NO2/c1-2-6-13(15)14-9-5-10-16-12-8-4-3-7-11(12)14/h2-4,6-8H,5,9-10H2,1H3/b6-2+. The Morgan fingerprint density at radius 2 is 2.25 bits per heavy atom. The lowest BCUT2D eigenvalue weighted by atomic mass is 10.2. The number of carbonyl (C=O) groups is 1. The van der Waals surface area contributed by atoms with E-state index in [2.05, 4.69) is 0 Å². The Labute approximate surface area is 95.3 Å². The third-order valence-corrected chi connectivity index (χ3v) is 2.51. The summed E-state index contributed by atoms with van der Waals surface area (Å²) in [6.07, 6.45) is 4.21. The van der Waals surface area contributed by atoms with Gasteiger partial charge >= 0.3 is 0 Å². The summed E-state index contributed by atoms with van der Waals surface area (Å²) in [6, 6.07) is 7.66. The number of hydrogen-bond donors (Lipinski definition) is 0. The molecular weight excluding hydrogens is 202 g/mol. The molecule has 0 N–H and O–H groups in total. The fourth-order valence-corrected chi connectivity index (χ4v) is 1.79. The largest absolute Gasteiger partial charge is 0.491 e. The third-order valence-electron chi connectivity index (χ3n) is 2.51. The molecule has 0 radical (unpaired) electrons. The van der Waals surface area contributed by atoms with E-state index in [1.165, 1.54) is 0 Å². The number of benzene rings is 1. The van der Waals surface area contributed by atoms with Gasteiger partial charge in [0, 0.05) is 6.54 Å². The molecule has 0 atom stereocenters. The Hall–Kier alpha value is -1.77. The molecule has 84 valence electrons. The molecule has 1 aromatic carbocycles. The van der Waals surface area contributed by atoms with Crippen LogP contribution in [0.25, 0.3) is 0 Å². The van der Waals surface area contributed by atoms with Crippen LogP contribution >= 0.6 is 0 Å². The summed E-state index contributed by atoms with van der Waals surface area (Å²) in [5, 5.41) is 0. The summed E-state index contributed by atoms with van der Waals surface area (Å²) in [5.41, 5.74) is 0.864. The molecule has 0 aromatic heterocycles. The zero-order chi connectivity index (χ0) is 11.4. The van der Waals surface area contributed by atoms with Crippen LogP contribution in [0.15, 0.2) is 36.4 Å². The molecule has 0 unspecified atom stereocenters. The number of amides is 1. The first-order chi connectivity index (χ1) is 7.83. The highest BCUT2D eigenvalue weighted by Gasteiger charge is 2.19. The lowest BCUT2D eigenvalue weighted by Gasteiger charge is -2.19. The highest BCUT2D eigenvalue weighted by atomic mass is 16.5. The minimum atomic E-state index is 0.0143. The number of ether oxygens (including phenoxy) is 1. The second-order valence-electron chi connectivity index (χ2n) is 3.66. The van der Waals surface area contributed by atoms with Gasteiger partial charge in [0.05, 0.1) is 12.3 Å². The summed E-state index contributed by atoms with van der Waals surface area (Å²) in [6.45, 7) is 3.22. The molecule has 1 amide bonds. The normalized spacial score (nSPS) is 15.4. The maximum Gasteiger partial charge on any atom is 0.250 e. The lowest BCUT2D eigenvalue weighted by Crippen LogP contribution is -2.29. The second kappa shape index (κ2) is 4.84. The number of nitrogens with zero attached hydrogens (tertiary/aromatic N) is 1. The van der Waals surface area contributed by atoms with Crippen LogP contribution < -0.4 is 9.64 Å². The van der Waals surface area contributed by atoms with Crippen molar-refractivity contribution < 1.29 is 9.53 Å². The molecule has 0 saturated heterocycles. The zero-order valence-electron chi connectivity index (χ0n) is 9.35. The summed E-state index contributed by atoms with van der Waals surface area (Å²) < 4.78 is 5.59. The Bertz CT molecular complexity index is 412. The van der Waals surface area contributed by atoms with Crippen LogP contribution in [-0.2, 0) is 4.79 Å². The van der Waals surface area contributed by atoms with Gasteiger partial charge in [0.2, 0.25) is 0 Å². The summed E-state index contributed by atoms with van der Waals surface area (Å²) in [4.78, 5) is 13.7. The summed E-state index contributed by atoms with van der Waals surface area (Å²) >= 11 is 0. The van der Waals surface area contributed by atoms with Gasteiger partial charge in [-0.15, -0.1) is 0 Å². The van der Waals surface area contributed by atoms with Crippen molar-refractivity contribution in [2.75, 3.05) is 18.1 Å². The number of fused-ring (bicyclic) bond motifs is 1. The van der Waals surface area contributed by atoms with Crippen LogP contribution in [0, 0.1) is 0 Å². The summed E-state index contributed by atoms with van der Waals surface area (Å²) in [5.74, 6) is 0.804. The first-order valence-corrected chi connectivity index (χ1v) is 5.49. The van der Waals surface area contributed by atoms with E-state index in [-0.39, 0.29) is 5.91 Å². The Kier molecular flexibility index (Phi) is 3.25. The Balaban J connectivity index is 2.36. The monoisotopic (exact) mass is 217 g/mol. The molecule has 1 aliphatic rings. The van der Waals surface area contributed by atoms with E-state index < -0.39 is 0 Å². The van der Waals surface area contributed by atoms with Crippen LogP contribution in [0.1, 0.15) is 13.3 Å². The SMILES string of the molecule is C/C=C/C(=O)N1CCCOc2ccccc21. The van der Waals surface area contributed by atoms with E-state index in [0.29, 0.717) is 13.2 Å². The number of para-hydroxylation sites is 2. The smallest absolute Gasteiger partial charge is 0.250 e. The van der Waals surface area contributed by atoms with Gasteiger partial charge in [-0.05, 0) is 31.6 Å². The number of carbonyl (C=O) groups excluding carboxylic acids is 1. The quantitative estimate of drug-likeness (QED) is 0.676. The van der Waals surface area contributed by atoms with Crippen LogP contribution in [0.3, 0.4) is 0 Å². The number of rotatable bonds is 1. The van der Waals surface area contributed by atoms with Gasteiger partial charge in [0.15, 0.2) is 0 Å². The Morgan fingerprint density at radius 1 is 1.44 bits per heavy atom. The van der Waals surface area contributed by atoms with Crippen molar-refractivity contribution in [3.05, 3.63) is 36.4 Å². The highest BCUT2D eigenvalue weighted by Crippen LogP contribution is 2.30. The van der Waals surface area contributed by atoms with Crippen molar-refractivity contribution in [2.24, 2.45) is 0 Å². The van der Waals surface area contributed by atoms with Gasteiger partial charge in [-0.2, -0.15) is 0 Å². The molecule has 3 heteroatoms. The van der Waals surface area contributed by atoms with Gasteiger partial charge in [-0.3, -0.25) is 4.79 Å². The Morgan fingerprint density at radius 3 is 3.06 bits per heavy atom. The maximum absolute atomic E-state index is 11.9. The zero-order valence-corrected chi connectivity index (χ0v) is 9.35. The highest BCUT2D eigenvalue weighted by molar-refractivity contribution is 6.02. The molecular formula is C13H15NO2. The molecule has 0 fully saturated rings. The minimum Gasteiger partial charge on any atom is -0.491 e. The minimum absolute atomic E-state index is 0.0143. The fourth-order valence-electron chi connectivity index (χ4n) is 1.79. The maximum atomic E-state index is 11.9. The average Bonchev–Trinajstić information content (AvgIpc) is 2.51. The van der Waals surface area contributed by atoms with Gasteiger partial charge in [0.25, 0.3) is 5.91 Å². The molecule has 1 aromatic rings. The third kappa shape index (κ3) is 2.08. The number of hydrogen-bond acceptors (Lipinski definition) is 2. The molecule has 2 rings (SSSR count). The predicted octanol–water partition coefficient (Wildman–Crippen LogP) is 2.38. The second-order valence-corrected chi connectivity index (χ2v) is 3.66. The molecule has 1 aliphatic heterocycles. The van der Waals surface area contributed by atoms with Crippen LogP contribution in [0.4, 0.5) is 5.69 Å². The molecule has 0 bridgehead atoms. The van der Waals surface area contributed by atoms with Crippen molar-refractivity contribution in [2.45, 2.75) is 13.3 Å². The predicted molar refractivity (Wildman–Crippen MR) is 63.7 cm³/mol. The van der Waals surface area contributed by atoms with Gasteiger partial charge in [-0.25, -0.2) is 0 Å². The van der Waals surface area contributed by atoms with E-state index in [1.807, 2.05) is 31.2 Å². The van der Waals surface area contributed by atoms with Crippen LogP contribution in [0.5, 0.6) is 5.75 Å². The van der Waals surface area contributed by atoms with Crippen molar-refractivity contribution in [1.82, 2.24) is 0 Å². The number of allylic oxidation sites excluding steroid dienone is 1. The first kappa shape index (κ1) is 10.7. The van der Waals surface area contributed by atoms with E-state index >= 15 is 0 Å². The summed E-state index contributed by atoms with van der Waals surface area (Å²) in [7, 11) is 0. The van der Waals surface area contributed by atoms with E-state index in [0.717, 1.165) is 17.9 Å². The molecule has 16 heavy (non-hydrogen) atoms. The van der Waals surface area contributed by atoms with Crippen molar-refractivity contribution in [3.8, 4) is 5.75 Å². The van der Waals surface area contributed by atoms with Crippen LogP contribution in [-0.4, -0.2) is 19.1 Å². The van der Waals surface area contributed by atoms with Crippen molar-refractivity contribution in [1.29, 1.82) is 0 Å². The molecule has 0 spiro atoms. The molecule has 1 heterocycles. The molecule has 0 saturated carbocycles. The van der Waals surface area contributed by atoms with Gasteiger partial charge < -0.3 is 9.64 Å². The lowest BCUT2D eigenvalue weighted by molar-refractivity contribution is -0.114. The number of anilines is 1. The fraction of sp³-hybridized carbons (Fsp3) is 0.308. The average molecular weight is 217 g/mol. The first-order valence-electron chi connectivity index (χ1n) is 5.49. The van der Waals surface area contributed by atoms with Gasteiger partial charge in [0.1, 0.15) is 5.75 Å². The van der Waals surface area contributed by atoms with Gasteiger partial charge in [-0.1, -0.05) is 18.2 Å². The van der Waals surface area contributed by atoms with Crippen LogP contribution in [0.2, 0.25) is 0 Å². The molecule has 3 nitrogen and oxygen atoms in total. The van der Waals surface area contributed by atoms with Crippen molar-refractivity contribution >= 4 is 11.6 Å². The van der Waals surface area contributed by atoms with Crippen molar-refractivity contribution in [3.63, 3.8) is 0 Å². The topological polar surface area (TPSA) is 29.5 Å².